The van der Waals surface area contributed by atoms with Gasteiger partial charge in [0.05, 0.1) is 15.6 Å². The monoisotopic (exact) mass is 498 g/mol. The minimum absolute atomic E-state index is 0.295. The number of benzene rings is 1. The lowest BCUT2D eigenvalue weighted by Gasteiger charge is -2.56. The second kappa shape index (κ2) is 8.08. The highest BCUT2D eigenvalue weighted by Crippen LogP contribution is 2.39. The third-order valence-electron chi connectivity index (χ3n) is 6.59. The topological polar surface area (TPSA) is 79.0 Å². The van der Waals surface area contributed by atoms with Crippen molar-refractivity contribution in [3.63, 3.8) is 0 Å². The van der Waals surface area contributed by atoms with Gasteiger partial charge in [-0.05, 0) is 31.2 Å². The minimum atomic E-state index is -0.403. The zero-order valence-electron chi connectivity index (χ0n) is 18.3. The van der Waals surface area contributed by atoms with Gasteiger partial charge in [0, 0.05) is 66.7 Å². The van der Waals surface area contributed by atoms with Crippen molar-refractivity contribution in [2.75, 3.05) is 31.1 Å². The van der Waals surface area contributed by atoms with E-state index < -0.39 is 6.10 Å². The summed E-state index contributed by atoms with van der Waals surface area (Å²) in [5.74, 6) is 0.653. The molecule has 0 unspecified atom stereocenters. The van der Waals surface area contributed by atoms with Crippen LogP contribution in [-0.2, 0) is 0 Å². The lowest BCUT2D eigenvalue weighted by molar-refractivity contribution is 0.119. The van der Waals surface area contributed by atoms with E-state index in [1.54, 1.807) is 6.20 Å². The van der Waals surface area contributed by atoms with Crippen LogP contribution in [-0.4, -0.2) is 46.3 Å². The molecular formula is C24H21Cl2FN6O. The van der Waals surface area contributed by atoms with Crippen LogP contribution in [0.1, 0.15) is 18.6 Å². The smallest absolute Gasteiger partial charge is 0.166 e. The minimum Gasteiger partial charge on any atom is -0.486 e. The van der Waals surface area contributed by atoms with Crippen LogP contribution in [0.15, 0.2) is 42.9 Å². The number of ether oxygens (including phenoxy) is 1. The van der Waals surface area contributed by atoms with Gasteiger partial charge in [0.15, 0.2) is 11.6 Å². The number of hydrogen-bond donors (Lipinski definition) is 2. The normalized spacial score (nSPS) is 17.5. The van der Waals surface area contributed by atoms with Gasteiger partial charge in [-0.25, -0.2) is 9.37 Å². The van der Waals surface area contributed by atoms with Crippen LogP contribution in [0.5, 0.6) is 5.75 Å². The van der Waals surface area contributed by atoms with E-state index in [9.17, 15) is 4.39 Å². The number of fused-ring (bicyclic) bond motifs is 1. The molecule has 34 heavy (non-hydrogen) atoms. The summed E-state index contributed by atoms with van der Waals surface area (Å²) < 4.78 is 21.1. The van der Waals surface area contributed by atoms with Gasteiger partial charge in [-0.1, -0.05) is 23.2 Å². The average molecular weight is 499 g/mol. The highest BCUT2D eigenvalue weighted by atomic mass is 35.5. The number of aromatic nitrogens is 4. The van der Waals surface area contributed by atoms with E-state index in [0.717, 1.165) is 37.1 Å². The number of anilines is 1. The molecule has 0 amide bonds. The Morgan fingerprint density at radius 3 is 2.56 bits per heavy atom. The fourth-order valence-electron chi connectivity index (χ4n) is 4.77. The molecule has 1 aromatic carbocycles. The molecule has 4 aromatic rings. The van der Waals surface area contributed by atoms with Crippen LogP contribution < -0.4 is 15.0 Å². The zero-order valence-corrected chi connectivity index (χ0v) is 19.8. The number of nitrogens with one attached hydrogen (secondary N) is 2. The Morgan fingerprint density at radius 1 is 1.12 bits per heavy atom. The molecule has 2 saturated heterocycles. The SMILES string of the molecule is C[C@@H](Oc1ccc2[nH]nc(-c3cnc(N4CC5(CNC5)C4)c(F)c3)c2c1)c1c(Cl)cncc1Cl. The molecular weight excluding hydrogens is 478 g/mol. The molecule has 0 aliphatic carbocycles. The molecule has 2 fully saturated rings. The van der Waals surface area contributed by atoms with Gasteiger partial charge in [-0.2, -0.15) is 5.10 Å². The Kier molecular flexibility index (Phi) is 5.13. The van der Waals surface area contributed by atoms with Crippen molar-refractivity contribution in [3.8, 4) is 17.0 Å². The first-order valence-corrected chi connectivity index (χ1v) is 11.7. The molecule has 0 bridgehead atoms. The van der Waals surface area contributed by atoms with Gasteiger partial charge in [0.25, 0.3) is 0 Å². The molecule has 1 spiro atoms. The van der Waals surface area contributed by atoms with E-state index >= 15 is 0 Å². The van der Waals surface area contributed by atoms with Gasteiger partial charge in [0.1, 0.15) is 17.5 Å². The van der Waals surface area contributed by atoms with Crippen molar-refractivity contribution >= 4 is 39.9 Å². The maximum Gasteiger partial charge on any atom is 0.166 e. The molecule has 0 radical (unpaired) electrons. The first kappa shape index (κ1) is 21.6. The predicted molar refractivity (Wildman–Crippen MR) is 130 cm³/mol. The first-order chi connectivity index (χ1) is 16.4. The summed E-state index contributed by atoms with van der Waals surface area (Å²) in [7, 11) is 0. The van der Waals surface area contributed by atoms with E-state index in [2.05, 4.69) is 25.5 Å². The van der Waals surface area contributed by atoms with Crippen LogP contribution in [0.3, 0.4) is 0 Å². The van der Waals surface area contributed by atoms with Gasteiger partial charge >= 0.3 is 0 Å². The molecule has 0 saturated carbocycles. The highest BCUT2D eigenvalue weighted by molar-refractivity contribution is 6.35. The largest absolute Gasteiger partial charge is 0.486 e. The van der Waals surface area contributed by atoms with Crippen LogP contribution in [0.2, 0.25) is 10.0 Å². The lowest BCUT2D eigenvalue weighted by Crippen LogP contribution is -2.71. The fourth-order valence-corrected chi connectivity index (χ4v) is 5.44. The Morgan fingerprint density at radius 2 is 1.88 bits per heavy atom. The molecule has 5 heterocycles. The number of pyridine rings is 2. The Bertz CT molecular complexity index is 1380. The predicted octanol–water partition coefficient (Wildman–Crippen LogP) is 5.02. The summed E-state index contributed by atoms with van der Waals surface area (Å²) in [4.78, 5) is 10.4. The number of aromatic amines is 1. The molecule has 2 aliphatic heterocycles. The van der Waals surface area contributed by atoms with Gasteiger partial charge in [-0.3, -0.25) is 10.1 Å². The van der Waals surface area contributed by atoms with Crippen LogP contribution in [0.25, 0.3) is 22.2 Å². The van der Waals surface area contributed by atoms with Crippen LogP contribution in [0, 0.1) is 11.2 Å². The van der Waals surface area contributed by atoms with Crippen LogP contribution in [0.4, 0.5) is 10.2 Å². The van der Waals surface area contributed by atoms with E-state index in [0.29, 0.717) is 43.8 Å². The van der Waals surface area contributed by atoms with Crippen molar-refractivity contribution in [1.82, 2.24) is 25.5 Å². The molecule has 6 rings (SSSR count). The summed E-state index contributed by atoms with van der Waals surface area (Å²) in [5.41, 5.74) is 2.97. The average Bonchev–Trinajstić information content (AvgIpc) is 3.16. The first-order valence-electron chi connectivity index (χ1n) is 11.0. The summed E-state index contributed by atoms with van der Waals surface area (Å²) in [6.45, 7) is 5.51. The molecule has 7 nitrogen and oxygen atoms in total. The van der Waals surface area contributed by atoms with Gasteiger partial charge < -0.3 is 15.0 Å². The number of halogens is 3. The second-order valence-electron chi connectivity index (χ2n) is 9.05. The van der Waals surface area contributed by atoms with E-state index in [1.807, 2.05) is 30.0 Å². The maximum absolute atomic E-state index is 15.0. The molecule has 1 atom stereocenters. The number of hydrogen-bond acceptors (Lipinski definition) is 6. The van der Waals surface area contributed by atoms with Crippen molar-refractivity contribution in [1.29, 1.82) is 0 Å². The number of rotatable bonds is 5. The summed E-state index contributed by atoms with van der Waals surface area (Å²) in [5, 5.41) is 12.4. The number of H-pyrrole nitrogens is 1. The van der Waals surface area contributed by atoms with E-state index in [-0.39, 0.29) is 5.82 Å². The third-order valence-corrected chi connectivity index (χ3v) is 7.19. The second-order valence-corrected chi connectivity index (χ2v) is 9.86. The molecule has 174 valence electrons. The Labute approximate surface area is 205 Å². The summed E-state index contributed by atoms with van der Waals surface area (Å²) in [6, 6.07) is 7.06. The highest BCUT2D eigenvalue weighted by Gasteiger charge is 2.48. The summed E-state index contributed by atoms with van der Waals surface area (Å²) >= 11 is 12.5. The number of nitrogens with zero attached hydrogens (tertiary/aromatic N) is 4. The maximum atomic E-state index is 15.0. The summed E-state index contributed by atoms with van der Waals surface area (Å²) in [6.07, 6.45) is 4.34. The lowest BCUT2D eigenvalue weighted by atomic mass is 9.74. The molecule has 10 heteroatoms. The van der Waals surface area contributed by atoms with Crippen molar-refractivity contribution in [3.05, 3.63) is 64.3 Å². The molecule has 2 aliphatic rings. The van der Waals surface area contributed by atoms with Crippen molar-refractivity contribution < 1.29 is 9.13 Å². The van der Waals surface area contributed by atoms with Crippen molar-refractivity contribution in [2.24, 2.45) is 5.41 Å². The zero-order chi connectivity index (χ0) is 23.4. The van der Waals surface area contributed by atoms with Crippen molar-refractivity contribution in [2.45, 2.75) is 13.0 Å². The third kappa shape index (κ3) is 3.57. The molecule has 3 aromatic heterocycles. The standard InChI is InChI=1S/C24H21Cl2FN6O/c1-13(21-17(25)7-28-8-18(21)26)34-15-2-3-20-16(5-15)22(32-31-20)14-4-19(27)23(30-6-14)33-11-24(12-33)9-29-10-24/h2-8,13,29H,9-12H2,1H3,(H,31,32)/t13-/m1/s1. The quantitative estimate of drug-likeness (QED) is 0.402. The van der Waals surface area contributed by atoms with E-state index in [1.165, 1.54) is 18.5 Å². The molecule has 2 N–H and O–H groups in total. The van der Waals surface area contributed by atoms with Gasteiger partial charge in [0.2, 0.25) is 0 Å². The van der Waals surface area contributed by atoms with Crippen LogP contribution >= 0.6 is 23.2 Å². The fraction of sp³-hybridized carbons (Fsp3) is 0.292. The van der Waals surface area contributed by atoms with Gasteiger partial charge in [-0.15, -0.1) is 0 Å². The van der Waals surface area contributed by atoms with E-state index in [4.69, 9.17) is 27.9 Å². The Hall–Kier alpha value is -2.94. The Balaban J connectivity index is 1.27.